The van der Waals surface area contributed by atoms with Gasteiger partial charge in [-0.1, -0.05) is 17.2 Å². The summed E-state index contributed by atoms with van der Waals surface area (Å²) < 4.78 is 18.7. The Morgan fingerprint density at radius 1 is 1.20 bits per heavy atom. The molecule has 6 heteroatoms. The fourth-order valence-corrected chi connectivity index (χ4v) is 2.27. The van der Waals surface area contributed by atoms with Crippen LogP contribution in [-0.4, -0.2) is 36.4 Å². The molecule has 1 aromatic heterocycles. The molecule has 0 radical (unpaired) electrons. The predicted octanol–water partition coefficient (Wildman–Crippen LogP) is 1.40. The first-order chi connectivity index (χ1) is 9.81. The molecule has 1 N–H and O–H groups in total. The van der Waals surface area contributed by atoms with Crippen LogP contribution in [0, 0.1) is 5.82 Å². The molecule has 106 valence electrons. The predicted molar refractivity (Wildman–Crippen MR) is 73.2 cm³/mol. The number of rotatable bonds is 4. The van der Waals surface area contributed by atoms with Crippen molar-refractivity contribution in [2.75, 3.05) is 31.1 Å². The molecule has 1 fully saturated rings. The van der Waals surface area contributed by atoms with E-state index in [4.69, 9.17) is 4.42 Å². The van der Waals surface area contributed by atoms with Crippen LogP contribution in [0.4, 0.5) is 10.4 Å². The third-order valence-corrected chi connectivity index (χ3v) is 3.36. The summed E-state index contributed by atoms with van der Waals surface area (Å²) in [5.74, 6) is 0.386. The van der Waals surface area contributed by atoms with Crippen molar-refractivity contribution in [3.8, 4) is 0 Å². The first-order valence-corrected chi connectivity index (χ1v) is 6.84. The van der Waals surface area contributed by atoms with E-state index in [1.165, 1.54) is 12.1 Å². The minimum atomic E-state index is -0.213. The second-order valence-electron chi connectivity index (χ2n) is 4.85. The van der Waals surface area contributed by atoms with Gasteiger partial charge in [0.15, 0.2) is 0 Å². The Kier molecular flexibility index (Phi) is 3.92. The zero-order chi connectivity index (χ0) is 13.8. The van der Waals surface area contributed by atoms with Crippen LogP contribution in [0.2, 0.25) is 0 Å². The Morgan fingerprint density at radius 2 is 2.05 bits per heavy atom. The highest BCUT2D eigenvalue weighted by Gasteiger charge is 2.16. The molecule has 5 nitrogen and oxygen atoms in total. The lowest BCUT2D eigenvalue weighted by molar-refractivity contribution is 0.464. The van der Waals surface area contributed by atoms with E-state index in [2.05, 4.69) is 20.4 Å². The topological polar surface area (TPSA) is 54.2 Å². The zero-order valence-corrected chi connectivity index (χ0v) is 11.2. The maximum atomic E-state index is 13.1. The average Bonchev–Trinajstić information content (AvgIpc) is 2.95. The highest BCUT2D eigenvalue weighted by Crippen LogP contribution is 2.14. The van der Waals surface area contributed by atoms with Crippen molar-refractivity contribution in [1.29, 1.82) is 0 Å². The fourth-order valence-electron chi connectivity index (χ4n) is 2.27. The van der Waals surface area contributed by atoms with E-state index in [1.54, 1.807) is 6.07 Å². The normalized spacial score (nSPS) is 15.6. The lowest BCUT2D eigenvalue weighted by atomic mass is 10.1. The molecule has 2 aromatic rings. The SMILES string of the molecule is Fc1cccc(CCc2nnc(N3CCNCC3)o2)c1. The summed E-state index contributed by atoms with van der Waals surface area (Å²) in [6, 6.07) is 7.17. The molecular weight excluding hydrogens is 259 g/mol. The summed E-state index contributed by atoms with van der Waals surface area (Å²) >= 11 is 0. The first-order valence-electron chi connectivity index (χ1n) is 6.84. The molecular formula is C14H17FN4O. The summed E-state index contributed by atoms with van der Waals surface area (Å²) in [5.41, 5.74) is 0.937. The Morgan fingerprint density at radius 3 is 2.85 bits per heavy atom. The van der Waals surface area contributed by atoms with Crippen molar-refractivity contribution >= 4 is 6.01 Å². The van der Waals surface area contributed by atoms with E-state index in [0.29, 0.717) is 24.7 Å². The van der Waals surface area contributed by atoms with Gasteiger partial charge in [-0.2, -0.15) is 0 Å². The van der Waals surface area contributed by atoms with Gasteiger partial charge in [-0.15, -0.1) is 5.10 Å². The van der Waals surface area contributed by atoms with Crippen molar-refractivity contribution in [3.05, 3.63) is 41.5 Å². The zero-order valence-electron chi connectivity index (χ0n) is 11.2. The Bertz CT molecular complexity index is 566. The van der Waals surface area contributed by atoms with Crippen LogP contribution in [0.5, 0.6) is 0 Å². The second kappa shape index (κ2) is 6.00. The van der Waals surface area contributed by atoms with E-state index in [9.17, 15) is 4.39 Å². The third kappa shape index (κ3) is 3.14. The smallest absolute Gasteiger partial charge is 0.318 e. The van der Waals surface area contributed by atoms with Crippen LogP contribution in [0.1, 0.15) is 11.5 Å². The average molecular weight is 276 g/mol. The van der Waals surface area contributed by atoms with Gasteiger partial charge in [0.05, 0.1) is 0 Å². The molecule has 1 aromatic carbocycles. The summed E-state index contributed by atoms with van der Waals surface area (Å²) in [7, 11) is 0. The minimum Gasteiger partial charge on any atom is -0.408 e. The van der Waals surface area contributed by atoms with Crippen LogP contribution in [0.15, 0.2) is 28.7 Å². The van der Waals surface area contributed by atoms with Crippen molar-refractivity contribution in [1.82, 2.24) is 15.5 Å². The largest absolute Gasteiger partial charge is 0.408 e. The number of aryl methyl sites for hydroxylation is 2. The Hall–Kier alpha value is -1.95. The van der Waals surface area contributed by atoms with E-state index >= 15 is 0 Å². The molecule has 3 rings (SSSR count). The second-order valence-corrected chi connectivity index (χ2v) is 4.85. The van der Waals surface area contributed by atoms with E-state index in [-0.39, 0.29) is 5.82 Å². The van der Waals surface area contributed by atoms with Gasteiger partial charge in [0.25, 0.3) is 0 Å². The molecule has 1 aliphatic heterocycles. The van der Waals surface area contributed by atoms with Crippen LogP contribution >= 0.6 is 0 Å². The minimum absolute atomic E-state index is 0.213. The maximum Gasteiger partial charge on any atom is 0.318 e. The summed E-state index contributed by atoms with van der Waals surface area (Å²) in [6.45, 7) is 3.62. The van der Waals surface area contributed by atoms with Crippen molar-refractivity contribution in [3.63, 3.8) is 0 Å². The van der Waals surface area contributed by atoms with Crippen LogP contribution in [-0.2, 0) is 12.8 Å². The van der Waals surface area contributed by atoms with Crippen LogP contribution in [0.25, 0.3) is 0 Å². The van der Waals surface area contributed by atoms with Gasteiger partial charge in [0, 0.05) is 32.6 Å². The fraction of sp³-hybridized carbons (Fsp3) is 0.429. The third-order valence-electron chi connectivity index (χ3n) is 3.36. The molecule has 2 heterocycles. The summed E-state index contributed by atoms with van der Waals surface area (Å²) in [6.07, 6.45) is 1.32. The van der Waals surface area contributed by atoms with Gasteiger partial charge in [0.2, 0.25) is 5.89 Å². The maximum absolute atomic E-state index is 13.1. The van der Waals surface area contributed by atoms with Gasteiger partial charge < -0.3 is 14.6 Å². The lowest BCUT2D eigenvalue weighted by Gasteiger charge is -2.24. The first kappa shape index (κ1) is 13.1. The highest BCUT2D eigenvalue weighted by atomic mass is 19.1. The number of hydrogen-bond acceptors (Lipinski definition) is 5. The van der Waals surface area contributed by atoms with Gasteiger partial charge >= 0.3 is 6.01 Å². The molecule has 0 amide bonds. The van der Waals surface area contributed by atoms with Crippen molar-refractivity contribution in [2.24, 2.45) is 0 Å². The van der Waals surface area contributed by atoms with Crippen molar-refractivity contribution in [2.45, 2.75) is 12.8 Å². The molecule has 0 bridgehead atoms. The quantitative estimate of drug-likeness (QED) is 0.915. The highest BCUT2D eigenvalue weighted by molar-refractivity contribution is 5.25. The number of anilines is 1. The van der Waals surface area contributed by atoms with Gasteiger partial charge in [-0.3, -0.25) is 0 Å². The van der Waals surface area contributed by atoms with Crippen molar-refractivity contribution < 1.29 is 8.81 Å². The van der Waals surface area contributed by atoms with Gasteiger partial charge in [0.1, 0.15) is 5.82 Å². The molecule has 20 heavy (non-hydrogen) atoms. The van der Waals surface area contributed by atoms with E-state index in [0.717, 1.165) is 31.7 Å². The molecule has 0 atom stereocenters. The van der Waals surface area contributed by atoms with E-state index < -0.39 is 0 Å². The van der Waals surface area contributed by atoms with Gasteiger partial charge in [-0.05, 0) is 24.1 Å². The Labute approximate surface area is 116 Å². The molecule has 0 spiro atoms. The Balaban J connectivity index is 1.59. The number of nitrogens with one attached hydrogen (secondary N) is 1. The number of benzene rings is 1. The number of piperazine rings is 1. The molecule has 0 unspecified atom stereocenters. The number of aromatic nitrogens is 2. The number of nitrogens with zero attached hydrogens (tertiary/aromatic N) is 3. The van der Waals surface area contributed by atoms with Gasteiger partial charge in [-0.25, -0.2) is 4.39 Å². The van der Waals surface area contributed by atoms with Crippen LogP contribution < -0.4 is 10.2 Å². The molecule has 1 aliphatic rings. The molecule has 1 saturated heterocycles. The lowest BCUT2D eigenvalue weighted by Crippen LogP contribution is -2.43. The monoisotopic (exact) mass is 276 g/mol. The molecule has 0 saturated carbocycles. The summed E-state index contributed by atoms with van der Waals surface area (Å²) in [5, 5.41) is 11.4. The van der Waals surface area contributed by atoms with Crippen LogP contribution in [0.3, 0.4) is 0 Å². The molecule has 0 aliphatic carbocycles. The summed E-state index contributed by atoms with van der Waals surface area (Å²) in [4.78, 5) is 2.08. The number of hydrogen-bond donors (Lipinski definition) is 1. The number of halogens is 1. The standard InChI is InChI=1S/C14H17FN4O/c15-12-3-1-2-11(10-12)4-5-13-17-18-14(20-13)19-8-6-16-7-9-19/h1-3,10,16H,4-9H2. The van der Waals surface area contributed by atoms with E-state index in [1.807, 2.05) is 6.07 Å².